The van der Waals surface area contributed by atoms with Gasteiger partial charge in [-0.25, -0.2) is 4.98 Å². The third-order valence-corrected chi connectivity index (χ3v) is 3.46. The topological polar surface area (TPSA) is 34.9 Å². The molecule has 0 N–H and O–H groups in total. The first-order valence-electron chi connectivity index (χ1n) is 5.52. The Morgan fingerprint density at radius 2 is 2.35 bits per heavy atom. The summed E-state index contributed by atoms with van der Waals surface area (Å²) in [7, 11) is 0. The van der Waals surface area contributed by atoms with E-state index in [1.54, 1.807) is 18.0 Å². The number of carbonyl (C=O) groups is 1. The fourth-order valence-electron chi connectivity index (χ4n) is 1.53. The summed E-state index contributed by atoms with van der Waals surface area (Å²) in [5.41, 5.74) is 0.740. The minimum atomic E-state index is 0.740. The largest absolute Gasteiger partial charge is 0.337 e. The summed E-state index contributed by atoms with van der Waals surface area (Å²) in [5, 5.41) is 0. The van der Waals surface area contributed by atoms with Crippen LogP contribution >= 0.6 is 11.8 Å². The molecule has 17 heavy (non-hydrogen) atoms. The first kappa shape index (κ1) is 11.9. The molecule has 0 unspecified atom stereocenters. The van der Waals surface area contributed by atoms with Crippen LogP contribution in [0.25, 0.3) is 0 Å². The Kier molecular flexibility index (Phi) is 4.38. The van der Waals surface area contributed by atoms with Gasteiger partial charge in [0.25, 0.3) is 0 Å². The molecule has 0 amide bonds. The third-order valence-electron chi connectivity index (χ3n) is 2.38. The predicted molar refractivity (Wildman–Crippen MR) is 69.4 cm³/mol. The zero-order chi connectivity index (χ0) is 11.9. The molecule has 0 aliphatic carbocycles. The van der Waals surface area contributed by atoms with Crippen LogP contribution in [-0.2, 0) is 6.54 Å². The highest BCUT2D eigenvalue weighted by Crippen LogP contribution is 2.19. The first-order valence-corrected chi connectivity index (χ1v) is 6.51. The highest BCUT2D eigenvalue weighted by atomic mass is 32.2. The Balaban J connectivity index is 1.76. The van der Waals surface area contributed by atoms with E-state index in [-0.39, 0.29) is 0 Å². The van der Waals surface area contributed by atoms with Crippen LogP contribution in [0.3, 0.4) is 0 Å². The second-order valence-electron chi connectivity index (χ2n) is 3.69. The fourth-order valence-corrected chi connectivity index (χ4v) is 2.44. The van der Waals surface area contributed by atoms with Gasteiger partial charge in [0.2, 0.25) is 0 Å². The van der Waals surface area contributed by atoms with Gasteiger partial charge in [-0.05, 0) is 24.3 Å². The standard InChI is InChI=1S/C13H14N2OS/c16-10-12-3-1-4-13(9-12)17-8-2-6-15-7-5-14-11-15/h1,3-5,7,9-11H,2,6,8H2. The molecule has 0 aliphatic heterocycles. The van der Waals surface area contributed by atoms with Crippen molar-refractivity contribution in [3.05, 3.63) is 48.5 Å². The van der Waals surface area contributed by atoms with Gasteiger partial charge in [0.1, 0.15) is 6.29 Å². The molecule has 0 spiro atoms. The summed E-state index contributed by atoms with van der Waals surface area (Å²) in [6, 6.07) is 7.70. The number of aromatic nitrogens is 2. The Morgan fingerprint density at radius 3 is 3.12 bits per heavy atom. The van der Waals surface area contributed by atoms with E-state index in [4.69, 9.17) is 0 Å². The summed E-state index contributed by atoms with van der Waals surface area (Å²) in [4.78, 5) is 15.8. The number of aryl methyl sites for hydroxylation is 1. The van der Waals surface area contributed by atoms with Gasteiger partial charge in [0, 0.05) is 29.4 Å². The summed E-state index contributed by atoms with van der Waals surface area (Å²) >= 11 is 1.78. The van der Waals surface area contributed by atoms with Gasteiger partial charge in [-0.3, -0.25) is 4.79 Å². The Morgan fingerprint density at radius 1 is 1.41 bits per heavy atom. The van der Waals surface area contributed by atoms with Crippen molar-refractivity contribution in [3.63, 3.8) is 0 Å². The average Bonchev–Trinajstić information content (AvgIpc) is 2.88. The summed E-state index contributed by atoms with van der Waals surface area (Å²) in [6.07, 6.45) is 7.57. The average molecular weight is 246 g/mol. The zero-order valence-electron chi connectivity index (χ0n) is 9.45. The van der Waals surface area contributed by atoms with E-state index in [1.165, 1.54) is 0 Å². The summed E-state index contributed by atoms with van der Waals surface area (Å²) < 4.78 is 2.07. The monoisotopic (exact) mass is 246 g/mol. The number of hydrogen-bond donors (Lipinski definition) is 0. The van der Waals surface area contributed by atoms with Gasteiger partial charge in [-0.2, -0.15) is 0 Å². The summed E-state index contributed by atoms with van der Waals surface area (Å²) in [5.74, 6) is 1.04. The maximum atomic E-state index is 10.6. The lowest BCUT2D eigenvalue weighted by Gasteiger charge is -2.03. The molecular weight excluding hydrogens is 232 g/mol. The van der Waals surface area contributed by atoms with Gasteiger partial charge in [0.05, 0.1) is 6.33 Å². The van der Waals surface area contributed by atoms with E-state index < -0.39 is 0 Å². The molecule has 2 aromatic rings. The maximum absolute atomic E-state index is 10.6. The van der Waals surface area contributed by atoms with Gasteiger partial charge >= 0.3 is 0 Å². The van der Waals surface area contributed by atoms with Gasteiger partial charge in [-0.1, -0.05) is 12.1 Å². The van der Waals surface area contributed by atoms with Crippen molar-refractivity contribution in [2.45, 2.75) is 17.9 Å². The molecule has 2 rings (SSSR count). The van der Waals surface area contributed by atoms with E-state index in [2.05, 4.69) is 9.55 Å². The van der Waals surface area contributed by atoms with Gasteiger partial charge < -0.3 is 4.57 Å². The van der Waals surface area contributed by atoms with E-state index >= 15 is 0 Å². The Labute approximate surface area is 105 Å². The number of imidazole rings is 1. The number of thioether (sulfide) groups is 1. The molecule has 0 bridgehead atoms. The molecule has 1 heterocycles. The number of hydrogen-bond acceptors (Lipinski definition) is 3. The lowest BCUT2D eigenvalue weighted by atomic mass is 10.2. The first-order chi connectivity index (χ1) is 8.38. The van der Waals surface area contributed by atoms with Crippen molar-refractivity contribution in [2.24, 2.45) is 0 Å². The minimum absolute atomic E-state index is 0.740. The van der Waals surface area contributed by atoms with Crippen LogP contribution in [0.15, 0.2) is 47.9 Å². The second-order valence-corrected chi connectivity index (χ2v) is 4.86. The maximum Gasteiger partial charge on any atom is 0.150 e. The minimum Gasteiger partial charge on any atom is -0.337 e. The van der Waals surface area contributed by atoms with Crippen LogP contribution in [-0.4, -0.2) is 21.6 Å². The molecule has 4 heteroatoms. The second kappa shape index (κ2) is 6.25. The highest BCUT2D eigenvalue weighted by Gasteiger charge is 1.96. The highest BCUT2D eigenvalue weighted by molar-refractivity contribution is 7.99. The molecule has 0 atom stereocenters. The molecule has 3 nitrogen and oxygen atoms in total. The lowest BCUT2D eigenvalue weighted by Crippen LogP contribution is -1.95. The number of rotatable bonds is 6. The van der Waals surface area contributed by atoms with Crippen molar-refractivity contribution >= 4 is 18.0 Å². The molecule has 88 valence electrons. The quantitative estimate of drug-likeness (QED) is 0.446. The summed E-state index contributed by atoms with van der Waals surface area (Å²) in [6.45, 7) is 0.986. The van der Waals surface area contributed by atoms with Crippen LogP contribution in [0.4, 0.5) is 0 Å². The molecule has 1 aromatic carbocycles. The Bertz CT molecular complexity index is 468. The van der Waals surface area contributed by atoms with Crippen LogP contribution < -0.4 is 0 Å². The molecule has 0 radical (unpaired) electrons. The van der Waals surface area contributed by atoms with Crippen LogP contribution in [0.5, 0.6) is 0 Å². The van der Waals surface area contributed by atoms with Gasteiger partial charge in [0.15, 0.2) is 0 Å². The zero-order valence-corrected chi connectivity index (χ0v) is 10.3. The fraction of sp³-hybridized carbons (Fsp3) is 0.231. The van der Waals surface area contributed by atoms with E-state index in [9.17, 15) is 4.79 Å². The van der Waals surface area contributed by atoms with Crippen LogP contribution in [0.1, 0.15) is 16.8 Å². The molecule has 1 aromatic heterocycles. The van der Waals surface area contributed by atoms with Crippen molar-refractivity contribution in [2.75, 3.05) is 5.75 Å². The lowest BCUT2D eigenvalue weighted by molar-refractivity contribution is 0.112. The molecule has 0 aliphatic rings. The van der Waals surface area contributed by atoms with Crippen molar-refractivity contribution in [1.82, 2.24) is 9.55 Å². The van der Waals surface area contributed by atoms with Gasteiger partial charge in [-0.15, -0.1) is 11.8 Å². The SMILES string of the molecule is O=Cc1cccc(SCCCn2ccnc2)c1. The normalized spacial score (nSPS) is 10.4. The smallest absolute Gasteiger partial charge is 0.150 e. The third kappa shape index (κ3) is 3.75. The number of carbonyl (C=O) groups excluding carboxylic acids is 1. The molecule has 0 fully saturated rings. The van der Waals surface area contributed by atoms with E-state index in [0.717, 1.165) is 35.5 Å². The number of aldehydes is 1. The molecular formula is C13H14N2OS. The number of benzene rings is 1. The predicted octanol–water partition coefficient (Wildman–Crippen LogP) is 2.88. The Hall–Kier alpha value is -1.55. The van der Waals surface area contributed by atoms with Crippen LogP contribution in [0, 0.1) is 0 Å². The molecule has 0 saturated heterocycles. The van der Waals surface area contributed by atoms with Crippen molar-refractivity contribution in [1.29, 1.82) is 0 Å². The molecule has 0 saturated carbocycles. The van der Waals surface area contributed by atoms with Crippen LogP contribution in [0.2, 0.25) is 0 Å². The van der Waals surface area contributed by atoms with Crippen molar-refractivity contribution < 1.29 is 4.79 Å². The van der Waals surface area contributed by atoms with E-state index in [1.807, 2.05) is 36.8 Å². The van der Waals surface area contributed by atoms with E-state index in [0.29, 0.717) is 0 Å². The van der Waals surface area contributed by atoms with Crippen molar-refractivity contribution in [3.8, 4) is 0 Å². The number of nitrogens with zero attached hydrogens (tertiary/aromatic N) is 2.